The summed E-state index contributed by atoms with van der Waals surface area (Å²) >= 11 is 5.68. The van der Waals surface area contributed by atoms with Gasteiger partial charge in [0.2, 0.25) is 0 Å². The first-order chi connectivity index (χ1) is 4.74. The third-order valence-corrected chi connectivity index (χ3v) is 3.54. The van der Waals surface area contributed by atoms with E-state index in [9.17, 15) is 0 Å². The van der Waals surface area contributed by atoms with Crippen LogP contribution < -0.4 is 5.73 Å². The average molecular weight is 312 g/mol. The van der Waals surface area contributed by atoms with Crippen molar-refractivity contribution in [3.63, 3.8) is 0 Å². The third kappa shape index (κ3) is 1.93. The number of hydrogen-bond donors (Lipinski definition) is 1. The number of nitrogens with two attached hydrogens (primary N) is 1. The lowest BCUT2D eigenvalue weighted by atomic mass is 10.2. The molecule has 1 aromatic carbocycles. The quantitative estimate of drug-likeness (QED) is 0.792. The van der Waals surface area contributed by atoms with Gasteiger partial charge in [-0.05, 0) is 56.2 Å². The van der Waals surface area contributed by atoms with Crippen LogP contribution in [0.3, 0.4) is 0 Å². The smallest absolute Gasteiger partial charge is 0.0309 e. The second-order valence-electron chi connectivity index (χ2n) is 1.95. The molecule has 0 aliphatic rings. The summed E-state index contributed by atoms with van der Waals surface area (Å²) in [6.45, 7) is 0.614. The van der Waals surface area contributed by atoms with Gasteiger partial charge in [-0.25, -0.2) is 0 Å². The van der Waals surface area contributed by atoms with Gasteiger partial charge in [0.05, 0.1) is 0 Å². The lowest BCUT2D eigenvalue weighted by Crippen LogP contribution is -1.95. The zero-order valence-electron chi connectivity index (χ0n) is 5.27. The van der Waals surface area contributed by atoms with Gasteiger partial charge in [0.25, 0.3) is 0 Å². The van der Waals surface area contributed by atoms with Crippen LogP contribution in [0.25, 0.3) is 0 Å². The topological polar surface area (TPSA) is 26.0 Å². The summed E-state index contributed by atoms with van der Waals surface area (Å²) in [6, 6.07) is 6.11. The summed E-state index contributed by atoms with van der Waals surface area (Å²) in [6.07, 6.45) is 0. The summed E-state index contributed by atoms with van der Waals surface area (Å²) in [4.78, 5) is 0. The van der Waals surface area contributed by atoms with E-state index in [2.05, 4.69) is 44.6 Å². The Hall–Kier alpha value is 0.390. The van der Waals surface area contributed by atoms with Gasteiger partial charge in [-0.1, -0.05) is 6.07 Å². The van der Waals surface area contributed by atoms with Crippen molar-refractivity contribution in [1.82, 2.24) is 0 Å². The van der Waals surface area contributed by atoms with Crippen LogP contribution >= 0.6 is 38.5 Å². The minimum atomic E-state index is 0.614. The van der Waals surface area contributed by atoms with Crippen LogP contribution in [0, 0.1) is 3.57 Å². The first kappa shape index (κ1) is 8.49. The normalized spacial score (nSPS) is 9.90. The highest BCUT2D eigenvalue weighted by molar-refractivity contribution is 14.1. The van der Waals surface area contributed by atoms with Gasteiger partial charge in [-0.15, -0.1) is 0 Å². The Morgan fingerprint density at radius 2 is 2.20 bits per heavy atom. The number of benzene rings is 1. The summed E-state index contributed by atoms with van der Waals surface area (Å²) in [5.41, 5.74) is 6.62. The first-order valence-corrected chi connectivity index (χ1v) is 4.75. The Kier molecular flexibility index (Phi) is 3.13. The molecule has 0 saturated heterocycles. The Labute approximate surface area is 82.3 Å². The van der Waals surface area contributed by atoms with Crippen LogP contribution in [0.4, 0.5) is 0 Å². The highest BCUT2D eigenvalue weighted by Crippen LogP contribution is 2.19. The first-order valence-electron chi connectivity index (χ1n) is 2.88. The molecule has 0 aliphatic carbocycles. The lowest BCUT2D eigenvalue weighted by Gasteiger charge is -1.98. The monoisotopic (exact) mass is 311 g/mol. The van der Waals surface area contributed by atoms with Crippen molar-refractivity contribution in [1.29, 1.82) is 0 Å². The highest BCUT2D eigenvalue weighted by atomic mass is 127. The van der Waals surface area contributed by atoms with Gasteiger partial charge < -0.3 is 5.73 Å². The Morgan fingerprint density at radius 3 is 2.70 bits per heavy atom. The molecular weight excluding hydrogens is 305 g/mol. The van der Waals surface area contributed by atoms with E-state index in [4.69, 9.17) is 5.73 Å². The summed E-state index contributed by atoms with van der Waals surface area (Å²) in [5.74, 6) is 0. The van der Waals surface area contributed by atoms with Crippen molar-refractivity contribution >= 4 is 38.5 Å². The van der Waals surface area contributed by atoms with Crippen molar-refractivity contribution in [2.45, 2.75) is 6.54 Å². The van der Waals surface area contributed by atoms with Crippen LogP contribution in [-0.4, -0.2) is 0 Å². The average Bonchev–Trinajstić information content (AvgIpc) is 1.95. The van der Waals surface area contributed by atoms with Gasteiger partial charge in [0, 0.05) is 14.6 Å². The molecule has 2 N–H and O–H groups in total. The van der Waals surface area contributed by atoms with E-state index in [1.807, 2.05) is 12.1 Å². The Balaban J connectivity index is 3.04. The van der Waals surface area contributed by atoms with E-state index in [-0.39, 0.29) is 0 Å². The fourth-order valence-electron chi connectivity index (χ4n) is 0.667. The molecule has 3 heteroatoms. The maximum Gasteiger partial charge on any atom is 0.0309 e. The van der Waals surface area contributed by atoms with Crippen molar-refractivity contribution in [3.05, 3.63) is 31.8 Å². The zero-order valence-corrected chi connectivity index (χ0v) is 9.02. The molecule has 0 atom stereocenters. The minimum absolute atomic E-state index is 0.614. The van der Waals surface area contributed by atoms with E-state index in [0.717, 1.165) is 4.47 Å². The van der Waals surface area contributed by atoms with Gasteiger partial charge in [-0.2, -0.15) is 0 Å². The molecular formula is C7H7BrIN. The van der Waals surface area contributed by atoms with Crippen molar-refractivity contribution < 1.29 is 0 Å². The maximum absolute atomic E-state index is 5.45. The maximum atomic E-state index is 5.45. The molecule has 0 spiro atoms. The molecule has 0 fully saturated rings. The zero-order chi connectivity index (χ0) is 7.56. The van der Waals surface area contributed by atoms with Gasteiger partial charge in [0.15, 0.2) is 0 Å². The number of halogens is 2. The van der Waals surface area contributed by atoms with E-state index in [1.165, 1.54) is 9.13 Å². The second kappa shape index (κ2) is 3.69. The standard InChI is InChI=1S/C7H7BrIN/c8-6-2-1-5(4-10)3-7(6)9/h1-3H,4,10H2. The number of rotatable bonds is 1. The molecule has 1 aromatic rings. The van der Waals surface area contributed by atoms with E-state index < -0.39 is 0 Å². The van der Waals surface area contributed by atoms with Gasteiger partial charge in [-0.3, -0.25) is 0 Å². The minimum Gasteiger partial charge on any atom is -0.326 e. The molecule has 0 unspecified atom stereocenters. The highest BCUT2D eigenvalue weighted by Gasteiger charge is 1.95. The van der Waals surface area contributed by atoms with E-state index in [1.54, 1.807) is 0 Å². The molecule has 10 heavy (non-hydrogen) atoms. The molecule has 0 saturated carbocycles. The van der Waals surface area contributed by atoms with Crippen LogP contribution in [0.15, 0.2) is 22.7 Å². The fraction of sp³-hybridized carbons (Fsp3) is 0.143. The SMILES string of the molecule is NCc1ccc(Br)c(I)c1. The summed E-state index contributed by atoms with van der Waals surface area (Å²) in [5, 5.41) is 0. The molecule has 0 radical (unpaired) electrons. The predicted octanol–water partition coefficient (Wildman–Crippen LogP) is 2.51. The molecule has 0 heterocycles. The van der Waals surface area contributed by atoms with Gasteiger partial charge in [0.1, 0.15) is 0 Å². The summed E-state index contributed by atoms with van der Waals surface area (Å²) in [7, 11) is 0. The van der Waals surface area contributed by atoms with Crippen molar-refractivity contribution in [2.24, 2.45) is 5.73 Å². The second-order valence-corrected chi connectivity index (χ2v) is 3.97. The van der Waals surface area contributed by atoms with Crippen LogP contribution in [0.2, 0.25) is 0 Å². The Bertz CT molecular complexity index is 237. The van der Waals surface area contributed by atoms with Gasteiger partial charge >= 0.3 is 0 Å². The van der Waals surface area contributed by atoms with E-state index in [0.29, 0.717) is 6.54 Å². The molecule has 0 amide bonds. The third-order valence-electron chi connectivity index (χ3n) is 1.22. The molecule has 0 aliphatic heterocycles. The largest absolute Gasteiger partial charge is 0.326 e. The molecule has 1 nitrogen and oxygen atoms in total. The molecule has 54 valence electrons. The predicted molar refractivity (Wildman–Crippen MR) is 54.8 cm³/mol. The fourth-order valence-corrected chi connectivity index (χ4v) is 1.49. The summed E-state index contributed by atoms with van der Waals surface area (Å²) < 4.78 is 2.34. The van der Waals surface area contributed by atoms with Crippen LogP contribution in [-0.2, 0) is 6.54 Å². The van der Waals surface area contributed by atoms with Crippen LogP contribution in [0.5, 0.6) is 0 Å². The number of hydrogen-bond acceptors (Lipinski definition) is 1. The molecule has 1 rings (SSSR count). The molecule has 0 aromatic heterocycles. The molecule has 0 bridgehead atoms. The Morgan fingerprint density at radius 1 is 1.50 bits per heavy atom. The van der Waals surface area contributed by atoms with Crippen molar-refractivity contribution in [2.75, 3.05) is 0 Å². The lowest BCUT2D eigenvalue weighted by molar-refractivity contribution is 1.07. The van der Waals surface area contributed by atoms with Crippen molar-refractivity contribution in [3.8, 4) is 0 Å². The van der Waals surface area contributed by atoms with Crippen LogP contribution in [0.1, 0.15) is 5.56 Å². The van der Waals surface area contributed by atoms with E-state index >= 15 is 0 Å².